The van der Waals surface area contributed by atoms with Crippen molar-refractivity contribution in [1.82, 2.24) is 0 Å². The van der Waals surface area contributed by atoms with Gasteiger partial charge in [-0.05, 0) is 48.7 Å². The highest BCUT2D eigenvalue weighted by molar-refractivity contribution is 9.10. The van der Waals surface area contributed by atoms with E-state index in [-0.39, 0.29) is 0 Å². The predicted octanol–water partition coefficient (Wildman–Crippen LogP) is 5.70. The standard InChI is InChI=1S/C16H15BrF3N/c1-10-3-5-13(16(18,19)20)8-15(10)21-9-12-4-6-14(17)11(2)7-12/h3-8,21H,9H2,1-2H3. The van der Waals surface area contributed by atoms with E-state index in [2.05, 4.69) is 21.2 Å². The maximum atomic E-state index is 12.7. The Kier molecular flexibility index (Phi) is 4.61. The van der Waals surface area contributed by atoms with Crippen LogP contribution in [0.4, 0.5) is 18.9 Å². The first-order chi connectivity index (χ1) is 9.77. The van der Waals surface area contributed by atoms with Crippen LogP contribution >= 0.6 is 15.9 Å². The number of aryl methyl sites for hydroxylation is 2. The minimum absolute atomic E-state index is 0.482. The Morgan fingerprint density at radius 2 is 1.71 bits per heavy atom. The third-order valence-electron chi connectivity index (χ3n) is 3.27. The lowest BCUT2D eigenvalue weighted by molar-refractivity contribution is -0.137. The number of rotatable bonds is 3. The van der Waals surface area contributed by atoms with Crippen LogP contribution in [0.1, 0.15) is 22.3 Å². The Morgan fingerprint density at radius 1 is 1.00 bits per heavy atom. The van der Waals surface area contributed by atoms with Crippen LogP contribution in [0.5, 0.6) is 0 Å². The number of anilines is 1. The van der Waals surface area contributed by atoms with Gasteiger partial charge in [0.05, 0.1) is 5.56 Å². The highest BCUT2D eigenvalue weighted by Crippen LogP contribution is 2.32. The summed E-state index contributed by atoms with van der Waals surface area (Å²) in [6, 6.07) is 9.61. The summed E-state index contributed by atoms with van der Waals surface area (Å²) < 4.78 is 39.2. The van der Waals surface area contributed by atoms with E-state index < -0.39 is 11.7 Å². The van der Waals surface area contributed by atoms with Gasteiger partial charge in [0.2, 0.25) is 0 Å². The van der Waals surface area contributed by atoms with Gasteiger partial charge in [-0.25, -0.2) is 0 Å². The average molecular weight is 358 g/mol. The molecule has 2 rings (SSSR count). The van der Waals surface area contributed by atoms with Crippen LogP contribution in [0.2, 0.25) is 0 Å². The summed E-state index contributed by atoms with van der Waals surface area (Å²) in [5.41, 5.74) is 2.77. The molecule has 0 radical (unpaired) electrons. The first-order valence-electron chi connectivity index (χ1n) is 6.44. The van der Waals surface area contributed by atoms with Crippen molar-refractivity contribution in [2.45, 2.75) is 26.6 Å². The number of halogens is 4. The minimum atomic E-state index is -4.32. The molecule has 0 aliphatic carbocycles. The summed E-state index contributed by atoms with van der Waals surface area (Å²) in [5.74, 6) is 0. The Labute approximate surface area is 130 Å². The third-order valence-corrected chi connectivity index (χ3v) is 4.16. The van der Waals surface area contributed by atoms with Crippen LogP contribution in [-0.4, -0.2) is 0 Å². The molecule has 0 saturated carbocycles. The van der Waals surface area contributed by atoms with Gasteiger partial charge in [-0.1, -0.05) is 34.1 Å². The number of nitrogens with one attached hydrogen (secondary N) is 1. The molecule has 0 bridgehead atoms. The first-order valence-corrected chi connectivity index (χ1v) is 7.23. The van der Waals surface area contributed by atoms with Crippen molar-refractivity contribution in [3.8, 4) is 0 Å². The van der Waals surface area contributed by atoms with Gasteiger partial charge in [0.25, 0.3) is 0 Å². The molecule has 0 aliphatic heterocycles. The van der Waals surface area contributed by atoms with Crippen LogP contribution in [0.15, 0.2) is 40.9 Å². The van der Waals surface area contributed by atoms with E-state index in [9.17, 15) is 13.2 Å². The molecule has 112 valence electrons. The van der Waals surface area contributed by atoms with Crippen LogP contribution in [-0.2, 0) is 12.7 Å². The third kappa shape index (κ3) is 4.00. The smallest absolute Gasteiger partial charge is 0.381 e. The van der Waals surface area contributed by atoms with Gasteiger partial charge >= 0.3 is 6.18 Å². The molecule has 0 aliphatic rings. The lowest BCUT2D eigenvalue weighted by atomic mass is 10.1. The molecule has 0 saturated heterocycles. The Balaban J connectivity index is 2.17. The van der Waals surface area contributed by atoms with E-state index in [0.29, 0.717) is 12.2 Å². The Morgan fingerprint density at radius 3 is 2.33 bits per heavy atom. The van der Waals surface area contributed by atoms with Crippen LogP contribution in [0.3, 0.4) is 0 Å². The largest absolute Gasteiger partial charge is 0.416 e. The summed E-state index contributed by atoms with van der Waals surface area (Å²) in [4.78, 5) is 0. The van der Waals surface area contributed by atoms with Crippen molar-refractivity contribution in [2.75, 3.05) is 5.32 Å². The van der Waals surface area contributed by atoms with Crippen molar-refractivity contribution in [1.29, 1.82) is 0 Å². The lowest BCUT2D eigenvalue weighted by Crippen LogP contribution is -2.07. The summed E-state index contributed by atoms with van der Waals surface area (Å²) in [5, 5.41) is 3.07. The Hall–Kier alpha value is -1.49. The van der Waals surface area contributed by atoms with E-state index in [1.807, 2.05) is 25.1 Å². The fourth-order valence-electron chi connectivity index (χ4n) is 2.00. The van der Waals surface area contributed by atoms with Crippen molar-refractivity contribution in [3.63, 3.8) is 0 Å². The van der Waals surface area contributed by atoms with Gasteiger partial charge in [0.1, 0.15) is 0 Å². The van der Waals surface area contributed by atoms with E-state index in [0.717, 1.165) is 33.3 Å². The molecule has 1 N–H and O–H groups in total. The molecule has 21 heavy (non-hydrogen) atoms. The summed E-state index contributed by atoms with van der Waals surface area (Å²) in [6.07, 6.45) is -4.32. The molecule has 0 unspecified atom stereocenters. The zero-order chi connectivity index (χ0) is 15.6. The van der Waals surface area contributed by atoms with Crippen LogP contribution < -0.4 is 5.32 Å². The molecule has 5 heteroatoms. The summed E-state index contributed by atoms with van der Waals surface area (Å²) in [7, 11) is 0. The Bertz CT molecular complexity index is 650. The van der Waals surface area contributed by atoms with Gasteiger partial charge in [-0.15, -0.1) is 0 Å². The van der Waals surface area contributed by atoms with Crippen molar-refractivity contribution in [2.24, 2.45) is 0 Å². The molecule has 2 aromatic rings. The second kappa shape index (κ2) is 6.10. The lowest BCUT2D eigenvalue weighted by Gasteiger charge is -2.14. The van der Waals surface area contributed by atoms with Crippen molar-refractivity contribution in [3.05, 3.63) is 63.1 Å². The predicted molar refractivity (Wildman–Crippen MR) is 82.4 cm³/mol. The maximum Gasteiger partial charge on any atom is 0.416 e. The first kappa shape index (κ1) is 15.9. The topological polar surface area (TPSA) is 12.0 Å². The summed E-state index contributed by atoms with van der Waals surface area (Å²) in [6.45, 7) is 4.24. The fourth-order valence-corrected chi connectivity index (χ4v) is 2.25. The molecule has 0 heterocycles. The molecular formula is C16H15BrF3N. The molecule has 0 aromatic heterocycles. The van der Waals surface area contributed by atoms with Crippen LogP contribution in [0, 0.1) is 13.8 Å². The van der Waals surface area contributed by atoms with E-state index in [4.69, 9.17) is 0 Å². The molecule has 1 nitrogen and oxygen atoms in total. The SMILES string of the molecule is Cc1cc(CNc2cc(C(F)(F)F)ccc2C)ccc1Br. The number of hydrogen-bond donors (Lipinski definition) is 1. The monoisotopic (exact) mass is 357 g/mol. The molecule has 0 atom stereocenters. The van der Waals surface area contributed by atoms with Crippen molar-refractivity contribution >= 4 is 21.6 Å². The molecule has 0 amide bonds. The normalized spacial score (nSPS) is 11.5. The zero-order valence-corrected chi connectivity index (χ0v) is 13.3. The highest BCUT2D eigenvalue weighted by Gasteiger charge is 2.30. The average Bonchev–Trinajstić information content (AvgIpc) is 2.40. The van der Waals surface area contributed by atoms with Crippen LogP contribution in [0.25, 0.3) is 0 Å². The van der Waals surface area contributed by atoms with Gasteiger partial charge in [0, 0.05) is 16.7 Å². The maximum absolute atomic E-state index is 12.7. The molecule has 2 aromatic carbocycles. The molecule has 0 fully saturated rings. The number of hydrogen-bond acceptors (Lipinski definition) is 1. The van der Waals surface area contributed by atoms with E-state index in [1.54, 1.807) is 6.92 Å². The van der Waals surface area contributed by atoms with Gasteiger partial charge in [-0.3, -0.25) is 0 Å². The fraction of sp³-hybridized carbons (Fsp3) is 0.250. The van der Waals surface area contributed by atoms with E-state index >= 15 is 0 Å². The molecular weight excluding hydrogens is 343 g/mol. The number of benzene rings is 2. The number of alkyl halides is 3. The van der Waals surface area contributed by atoms with Gasteiger partial charge in [0.15, 0.2) is 0 Å². The molecule has 0 spiro atoms. The summed E-state index contributed by atoms with van der Waals surface area (Å²) >= 11 is 3.42. The van der Waals surface area contributed by atoms with Crippen molar-refractivity contribution < 1.29 is 13.2 Å². The highest BCUT2D eigenvalue weighted by atomic mass is 79.9. The van der Waals surface area contributed by atoms with Gasteiger partial charge < -0.3 is 5.32 Å². The second-order valence-electron chi connectivity index (χ2n) is 4.96. The minimum Gasteiger partial charge on any atom is -0.381 e. The van der Waals surface area contributed by atoms with E-state index in [1.165, 1.54) is 6.07 Å². The van der Waals surface area contributed by atoms with Gasteiger partial charge in [-0.2, -0.15) is 13.2 Å². The zero-order valence-electron chi connectivity index (χ0n) is 11.7. The second-order valence-corrected chi connectivity index (χ2v) is 5.82. The quantitative estimate of drug-likeness (QED) is 0.743.